The summed E-state index contributed by atoms with van der Waals surface area (Å²) < 4.78 is 62.9. The molecule has 0 saturated heterocycles. The van der Waals surface area contributed by atoms with E-state index in [1.807, 2.05) is 0 Å². The number of hydrogen-bond acceptors (Lipinski definition) is 5. The van der Waals surface area contributed by atoms with Gasteiger partial charge < -0.3 is 9.90 Å². The van der Waals surface area contributed by atoms with Gasteiger partial charge in [-0.2, -0.15) is 13.2 Å². The van der Waals surface area contributed by atoms with Crippen LogP contribution >= 0.6 is 15.9 Å². The summed E-state index contributed by atoms with van der Waals surface area (Å²) in [6.07, 6.45) is -3.61. The summed E-state index contributed by atoms with van der Waals surface area (Å²) in [5.74, 6) is -1.59. The van der Waals surface area contributed by atoms with Crippen LogP contribution in [0, 0.1) is 0 Å². The van der Waals surface area contributed by atoms with E-state index in [0.717, 1.165) is 18.4 Å². The van der Waals surface area contributed by atoms with Crippen molar-refractivity contribution < 1.29 is 31.5 Å². The van der Waals surface area contributed by atoms with Crippen molar-refractivity contribution in [2.24, 2.45) is 0 Å². The summed E-state index contributed by atoms with van der Waals surface area (Å²) in [4.78, 5) is 16.1. The molecule has 10 heteroatoms. The summed E-state index contributed by atoms with van der Waals surface area (Å²) in [5.41, 5.74) is -0.918. The molecule has 0 aliphatic carbocycles. The molecule has 0 aliphatic rings. The van der Waals surface area contributed by atoms with Crippen molar-refractivity contribution in [3.8, 4) is 11.3 Å². The monoisotopic (exact) mass is 486 g/mol. The number of alkyl halides is 4. The molecule has 0 spiro atoms. The van der Waals surface area contributed by atoms with Crippen molar-refractivity contribution in [3.05, 3.63) is 59.2 Å². The molecule has 5 nitrogen and oxygen atoms in total. The molecule has 0 unspecified atom stereocenters. The van der Waals surface area contributed by atoms with Crippen molar-refractivity contribution in [3.63, 3.8) is 0 Å². The van der Waals surface area contributed by atoms with Crippen LogP contribution < -0.4 is 5.11 Å². The first-order chi connectivity index (χ1) is 13.4. The number of carbonyl (C=O) groups excluding carboxylic acids is 1. The maximum Gasteiger partial charge on any atom is 0.416 e. The van der Waals surface area contributed by atoms with Gasteiger partial charge in [0.1, 0.15) is 0 Å². The van der Waals surface area contributed by atoms with Gasteiger partial charge in [0.05, 0.1) is 27.6 Å². The second-order valence-electron chi connectivity index (χ2n) is 6.26. The number of hydrogen-bond donors (Lipinski definition) is 0. The number of halogens is 4. The van der Waals surface area contributed by atoms with Crippen LogP contribution in [0.25, 0.3) is 22.2 Å². The number of rotatable bonds is 4. The quantitative estimate of drug-likeness (QED) is 0.526. The minimum Gasteiger partial charge on any atom is -0.545 e. The van der Waals surface area contributed by atoms with Crippen LogP contribution in [0.2, 0.25) is 0 Å². The minimum absolute atomic E-state index is 0.0260. The van der Waals surface area contributed by atoms with Crippen LogP contribution in [0.1, 0.15) is 21.5 Å². The zero-order valence-electron chi connectivity index (χ0n) is 14.7. The standard InChI is InChI=1S/C19H13BrF3NO4S/c1-29(27,28)12-5-6-15-13(8-12)16(18(25)26)14(9-20)17(24-15)10-3-2-4-11(7-10)19(21,22)23/h2-8H,9H2,1H3,(H,25,26)/p-1. The third-order valence-corrected chi connectivity index (χ3v) is 5.96. The summed E-state index contributed by atoms with van der Waals surface area (Å²) in [6, 6.07) is 8.11. The molecular weight excluding hydrogens is 475 g/mol. The van der Waals surface area contributed by atoms with Crippen LogP contribution in [-0.4, -0.2) is 25.6 Å². The summed E-state index contributed by atoms with van der Waals surface area (Å²) in [5, 5.41) is 11.9. The maximum atomic E-state index is 13.1. The molecule has 1 aromatic heterocycles. The molecule has 29 heavy (non-hydrogen) atoms. The van der Waals surface area contributed by atoms with Crippen LogP contribution in [0.4, 0.5) is 13.2 Å². The van der Waals surface area contributed by atoms with E-state index >= 15 is 0 Å². The number of fused-ring (bicyclic) bond motifs is 1. The fraction of sp³-hybridized carbons (Fsp3) is 0.158. The highest BCUT2D eigenvalue weighted by Gasteiger charge is 2.31. The SMILES string of the molecule is CS(=O)(=O)c1ccc2nc(-c3cccc(C(F)(F)F)c3)c(CBr)c(C(=O)[O-])c2c1. The van der Waals surface area contributed by atoms with E-state index in [1.54, 1.807) is 0 Å². The molecule has 0 atom stereocenters. The molecule has 0 bridgehead atoms. The van der Waals surface area contributed by atoms with Crippen LogP contribution in [0.3, 0.4) is 0 Å². The van der Waals surface area contributed by atoms with Gasteiger partial charge >= 0.3 is 6.18 Å². The van der Waals surface area contributed by atoms with Gasteiger partial charge in [-0.3, -0.25) is 0 Å². The third-order valence-electron chi connectivity index (χ3n) is 4.29. The lowest BCUT2D eigenvalue weighted by atomic mass is 9.97. The Hall–Kier alpha value is -2.46. The number of aromatic nitrogens is 1. The van der Waals surface area contributed by atoms with E-state index in [9.17, 15) is 31.5 Å². The first kappa shape index (κ1) is 21.3. The molecule has 0 saturated carbocycles. The molecule has 0 fully saturated rings. The van der Waals surface area contributed by atoms with Crippen LogP contribution in [0.5, 0.6) is 0 Å². The Morgan fingerprint density at radius 3 is 2.41 bits per heavy atom. The Morgan fingerprint density at radius 1 is 1.17 bits per heavy atom. The number of carboxylic acid groups (broad SMARTS) is 1. The predicted molar refractivity (Wildman–Crippen MR) is 102 cm³/mol. The topological polar surface area (TPSA) is 87.2 Å². The smallest absolute Gasteiger partial charge is 0.416 e. The Bertz CT molecular complexity index is 1240. The lowest BCUT2D eigenvalue weighted by Crippen LogP contribution is -2.25. The Kier molecular flexibility index (Phi) is 5.44. The summed E-state index contributed by atoms with van der Waals surface area (Å²) in [7, 11) is -3.62. The van der Waals surface area contributed by atoms with Gasteiger partial charge in [-0.25, -0.2) is 13.4 Å². The number of nitrogens with zero attached hydrogens (tertiary/aromatic N) is 1. The third kappa shape index (κ3) is 4.13. The van der Waals surface area contributed by atoms with Gasteiger partial charge in [0.2, 0.25) is 0 Å². The first-order valence-corrected chi connectivity index (χ1v) is 11.1. The first-order valence-electron chi connectivity index (χ1n) is 8.05. The predicted octanol–water partition coefficient (Wildman–Crippen LogP) is 3.58. The molecule has 3 aromatic rings. The Labute approximate surface area is 172 Å². The molecule has 152 valence electrons. The summed E-state index contributed by atoms with van der Waals surface area (Å²) >= 11 is 3.15. The number of benzene rings is 2. The zero-order chi connectivity index (χ0) is 21.6. The molecule has 0 radical (unpaired) electrons. The van der Waals surface area contributed by atoms with Gasteiger partial charge in [0.15, 0.2) is 9.84 Å². The van der Waals surface area contributed by atoms with Crippen LogP contribution in [0.15, 0.2) is 47.4 Å². The van der Waals surface area contributed by atoms with E-state index < -0.39 is 27.5 Å². The Morgan fingerprint density at radius 2 is 1.86 bits per heavy atom. The van der Waals surface area contributed by atoms with Gasteiger partial charge in [0, 0.05) is 28.1 Å². The van der Waals surface area contributed by atoms with Crippen LogP contribution in [-0.2, 0) is 21.3 Å². The highest BCUT2D eigenvalue weighted by molar-refractivity contribution is 9.08. The van der Waals surface area contributed by atoms with Gasteiger partial charge in [-0.05, 0) is 35.9 Å². The van der Waals surface area contributed by atoms with E-state index in [4.69, 9.17) is 0 Å². The largest absolute Gasteiger partial charge is 0.545 e. The normalized spacial score (nSPS) is 12.3. The fourth-order valence-corrected chi connectivity index (χ4v) is 4.15. The maximum absolute atomic E-state index is 13.1. The van der Waals surface area contributed by atoms with E-state index in [1.165, 1.54) is 30.3 Å². The van der Waals surface area contributed by atoms with Gasteiger partial charge in [-0.15, -0.1) is 0 Å². The van der Waals surface area contributed by atoms with Crippen molar-refractivity contribution in [1.82, 2.24) is 4.98 Å². The molecule has 0 aliphatic heterocycles. The second kappa shape index (κ2) is 7.42. The van der Waals surface area contributed by atoms with Gasteiger partial charge in [0.25, 0.3) is 0 Å². The molecule has 1 heterocycles. The zero-order valence-corrected chi connectivity index (χ0v) is 17.2. The van der Waals surface area contributed by atoms with E-state index in [0.29, 0.717) is 0 Å². The average Bonchev–Trinajstić information content (AvgIpc) is 2.64. The molecule has 0 N–H and O–H groups in total. The van der Waals surface area contributed by atoms with Crippen molar-refractivity contribution >= 4 is 42.6 Å². The Balaban J connectivity index is 2.40. The molecule has 3 rings (SSSR count). The van der Waals surface area contributed by atoms with Gasteiger partial charge in [-0.1, -0.05) is 28.1 Å². The molecular formula is C19H12BrF3NO4S-. The minimum atomic E-state index is -4.58. The number of carboxylic acids is 1. The number of aromatic carboxylic acids is 1. The van der Waals surface area contributed by atoms with E-state index in [-0.39, 0.29) is 43.5 Å². The number of carbonyl (C=O) groups is 1. The number of sulfone groups is 1. The molecule has 0 amide bonds. The second-order valence-corrected chi connectivity index (χ2v) is 8.84. The lowest BCUT2D eigenvalue weighted by Gasteiger charge is -2.18. The van der Waals surface area contributed by atoms with Crippen molar-refractivity contribution in [2.75, 3.05) is 6.26 Å². The lowest BCUT2D eigenvalue weighted by molar-refractivity contribution is -0.254. The highest BCUT2D eigenvalue weighted by atomic mass is 79.9. The fourth-order valence-electron chi connectivity index (χ4n) is 2.96. The highest BCUT2D eigenvalue weighted by Crippen LogP contribution is 2.36. The van der Waals surface area contributed by atoms with E-state index in [2.05, 4.69) is 20.9 Å². The van der Waals surface area contributed by atoms with Crippen molar-refractivity contribution in [2.45, 2.75) is 16.4 Å². The van der Waals surface area contributed by atoms with Crippen molar-refractivity contribution in [1.29, 1.82) is 0 Å². The molecule has 2 aromatic carbocycles. The summed E-state index contributed by atoms with van der Waals surface area (Å²) in [6.45, 7) is 0. The average molecular weight is 487 g/mol. The number of pyridine rings is 1.